The highest BCUT2D eigenvalue weighted by Gasteiger charge is 2.09. The second-order valence-electron chi connectivity index (χ2n) is 4.43. The van der Waals surface area contributed by atoms with Crippen molar-refractivity contribution in [3.8, 4) is 0 Å². The van der Waals surface area contributed by atoms with Gasteiger partial charge in [-0.15, -0.1) is 0 Å². The van der Waals surface area contributed by atoms with Crippen LogP contribution < -0.4 is 10.6 Å². The van der Waals surface area contributed by atoms with Gasteiger partial charge in [0.05, 0.1) is 6.33 Å². The lowest BCUT2D eigenvalue weighted by Gasteiger charge is -2.15. The van der Waals surface area contributed by atoms with Crippen molar-refractivity contribution in [1.29, 1.82) is 0 Å². The molecule has 6 nitrogen and oxygen atoms in total. The lowest BCUT2D eigenvalue weighted by molar-refractivity contribution is 0.248. The van der Waals surface area contributed by atoms with E-state index in [0.717, 1.165) is 5.56 Å². The molecule has 2 rings (SSSR count). The number of hydrogen-bond acceptors (Lipinski definition) is 3. The van der Waals surface area contributed by atoms with E-state index in [0.29, 0.717) is 12.4 Å². The number of rotatable bonds is 4. The number of aromatic nitrogens is 3. The van der Waals surface area contributed by atoms with Crippen LogP contribution in [-0.4, -0.2) is 26.6 Å². The highest BCUT2D eigenvalue weighted by molar-refractivity contribution is 5.89. The molecule has 0 radical (unpaired) electrons. The van der Waals surface area contributed by atoms with Crippen LogP contribution in [-0.2, 0) is 6.54 Å². The molecule has 0 aromatic carbocycles. The highest BCUT2D eigenvalue weighted by atomic mass is 16.2. The molecule has 0 fully saturated rings. The molecule has 2 N–H and O–H groups in total. The zero-order chi connectivity index (χ0) is 13.7. The van der Waals surface area contributed by atoms with Crippen molar-refractivity contribution in [3.63, 3.8) is 0 Å². The van der Waals surface area contributed by atoms with Crippen LogP contribution in [0.4, 0.5) is 10.6 Å². The summed E-state index contributed by atoms with van der Waals surface area (Å²) in [5.74, 6) is 0.579. The van der Waals surface area contributed by atoms with Gasteiger partial charge in [0, 0.05) is 31.2 Å². The first kappa shape index (κ1) is 13.1. The van der Waals surface area contributed by atoms with Crippen molar-refractivity contribution in [1.82, 2.24) is 19.9 Å². The lowest BCUT2D eigenvalue weighted by Crippen LogP contribution is -2.38. The maximum atomic E-state index is 11.8. The van der Waals surface area contributed by atoms with Crippen LogP contribution in [0.15, 0.2) is 37.1 Å². The summed E-state index contributed by atoms with van der Waals surface area (Å²) in [5.41, 5.74) is 0.930. The predicted octanol–water partition coefficient (Wildman–Crippen LogP) is 1.80. The van der Waals surface area contributed by atoms with E-state index in [2.05, 4.69) is 20.6 Å². The van der Waals surface area contributed by atoms with Gasteiger partial charge in [0.1, 0.15) is 5.82 Å². The van der Waals surface area contributed by atoms with E-state index in [1.807, 2.05) is 36.7 Å². The van der Waals surface area contributed by atoms with Crippen molar-refractivity contribution in [2.75, 3.05) is 5.32 Å². The highest BCUT2D eigenvalue weighted by Crippen LogP contribution is 2.08. The number of pyridine rings is 1. The number of anilines is 1. The van der Waals surface area contributed by atoms with Crippen LogP contribution in [0.5, 0.6) is 0 Å². The molecule has 2 aromatic rings. The number of hydrogen-bond donors (Lipinski definition) is 2. The molecule has 0 aliphatic carbocycles. The molecule has 2 aromatic heterocycles. The predicted molar refractivity (Wildman–Crippen MR) is 72.8 cm³/mol. The fourth-order valence-corrected chi connectivity index (χ4v) is 1.74. The zero-order valence-corrected chi connectivity index (χ0v) is 11.0. The Labute approximate surface area is 111 Å². The number of urea groups is 1. The zero-order valence-electron chi connectivity index (χ0n) is 11.0. The third kappa shape index (κ3) is 3.80. The Bertz CT molecular complexity index is 538. The van der Waals surface area contributed by atoms with Crippen LogP contribution in [0.3, 0.4) is 0 Å². The maximum absolute atomic E-state index is 11.8. The van der Waals surface area contributed by atoms with Crippen LogP contribution >= 0.6 is 0 Å². The fraction of sp³-hybridized carbons (Fsp3) is 0.308. The van der Waals surface area contributed by atoms with E-state index >= 15 is 0 Å². The Kier molecular flexibility index (Phi) is 4.12. The number of nitrogens with zero attached hydrogens (tertiary/aromatic N) is 3. The first-order valence-corrected chi connectivity index (χ1v) is 6.10. The standard InChI is InChI=1S/C13H17N5O/c1-10-4-3-5-15-12(10)17-13(19)16-11(2)8-18-7-6-14-9-18/h3-7,9,11H,8H2,1-2H3,(H2,15,16,17,19)/t11-/m1/s1. The summed E-state index contributed by atoms with van der Waals surface area (Å²) in [6.07, 6.45) is 6.94. The molecule has 19 heavy (non-hydrogen) atoms. The number of amides is 2. The summed E-state index contributed by atoms with van der Waals surface area (Å²) in [7, 11) is 0. The third-order valence-corrected chi connectivity index (χ3v) is 2.66. The van der Waals surface area contributed by atoms with Crippen molar-refractivity contribution < 1.29 is 4.79 Å². The quantitative estimate of drug-likeness (QED) is 0.879. The molecular formula is C13H17N5O. The Morgan fingerprint density at radius 3 is 3.00 bits per heavy atom. The monoisotopic (exact) mass is 259 g/mol. The minimum absolute atomic E-state index is 0.00165. The second-order valence-corrected chi connectivity index (χ2v) is 4.43. The molecule has 1 atom stereocenters. The van der Waals surface area contributed by atoms with Gasteiger partial charge in [-0.2, -0.15) is 0 Å². The molecule has 0 spiro atoms. The average Bonchev–Trinajstić information content (AvgIpc) is 2.84. The van der Waals surface area contributed by atoms with Crippen LogP contribution in [0.1, 0.15) is 12.5 Å². The average molecular weight is 259 g/mol. The number of imidazole rings is 1. The van der Waals surface area contributed by atoms with Gasteiger partial charge < -0.3 is 9.88 Å². The van der Waals surface area contributed by atoms with E-state index in [1.165, 1.54) is 0 Å². The van der Waals surface area contributed by atoms with E-state index in [1.54, 1.807) is 18.7 Å². The molecule has 6 heteroatoms. The third-order valence-electron chi connectivity index (χ3n) is 2.66. The summed E-state index contributed by atoms with van der Waals surface area (Å²) in [6.45, 7) is 4.51. The maximum Gasteiger partial charge on any atom is 0.320 e. The molecule has 2 amide bonds. The van der Waals surface area contributed by atoms with Gasteiger partial charge in [0.15, 0.2) is 0 Å². The van der Waals surface area contributed by atoms with Crippen LogP contribution in [0, 0.1) is 6.92 Å². The SMILES string of the molecule is Cc1cccnc1NC(=O)N[C@H](C)Cn1ccnc1. The number of nitrogens with one attached hydrogen (secondary N) is 2. The smallest absolute Gasteiger partial charge is 0.320 e. The minimum atomic E-state index is -0.255. The van der Waals surface area contributed by atoms with E-state index in [-0.39, 0.29) is 12.1 Å². The van der Waals surface area contributed by atoms with Crippen molar-refractivity contribution in [2.45, 2.75) is 26.4 Å². The van der Waals surface area contributed by atoms with Gasteiger partial charge in [0.25, 0.3) is 0 Å². The molecule has 2 heterocycles. The number of aryl methyl sites for hydroxylation is 1. The molecule has 0 aliphatic rings. The second kappa shape index (κ2) is 5.99. The molecule has 0 aliphatic heterocycles. The summed E-state index contributed by atoms with van der Waals surface area (Å²) in [6, 6.07) is 3.48. The van der Waals surface area contributed by atoms with Crippen LogP contribution in [0.25, 0.3) is 0 Å². The molecular weight excluding hydrogens is 242 g/mol. The topological polar surface area (TPSA) is 71.8 Å². The summed E-state index contributed by atoms with van der Waals surface area (Å²) < 4.78 is 1.91. The fourth-order valence-electron chi connectivity index (χ4n) is 1.74. The van der Waals surface area contributed by atoms with Crippen LogP contribution in [0.2, 0.25) is 0 Å². The molecule has 0 unspecified atom stereocenters. The van der Waals surface area contributed by atoms with Gasteiger partial charge in [-0.25, -0.2) is 14.8 Å². The minimum Gasteiger partial charge on any atom is -0.335 e. The largest absolute Gasteiger partial charge is 0.335 e. The molecule has 0 saturated heterocycles. The number of carbonyl (C=O) groups is 1. The summed E-state index contributed by atoms with van der Waals surface area (Å²) >= 11 is 0. The van der Waals surface area contributed by atoms with Gasteiger partial charge in [-0.05, 0) is 25.5 Å². The summed E-state index contributed by atoms with van der Waals surface area (Å²) in [4.78, 5) is 19.9. The first-order valence-electron chi connectivity index (χ1n) is 6.10. The van der Waals surface area contributed by atoms with Gasteiger partial charge >= 0.3 is 6.03 Å². The first-order chi connectivity index (χ1) is 9.15. The Balaban J connectivity index is 1.86. The van der Waals surface area contributed by atoms with E-state index in [9.17, 15) is 4.79 Å². The van der Waals surface area contributed by atoms with E-state index < -0.39 is 0 Å². The van der Waals surface area contributed by atoms with Gasteiger partial charge in [0.2, 0.25) is 0 Å². The van der Waals surface area contributed by atoms with Gasteiger partial charge in [-0.1, -0.05) is 6.07 Å². The van der Waals surface area contributed by atoms with Gasteiger partial charge in [-0.3, -0.25) is 5.32 Å². The molecule has 100 valence electrons. The normalized spacial score (nSPS) is 11.9. The Morgan fingerprint density at radius 1 is 1.47 bits per heavy atom. The van der Waals surface area contributed by atoms with Crippen molar-refractivity contribution in [2.24, 2.45) is 0 Å². The molecule has 0 saturated carbocycles. The molecule has 0 bridgehead atoms. The Morgan fingerprint density at radius 2 is 2.32 bits per heavy atom. The van der Waals surface area contributed by atoms with Crippen molar-refractivity contribution >= 4 is 11.8 Å². The van der Waals surface area contributed by atoms with E-state index in [4.69, 9.17) is 0 Å². The number of carbonyl (C=O) groups excluding carboxylic acids is 1. The van der Waals surface area contributed by atoms with Crippen molar-refractivity contribution in [3.05, 3.63) is 42.6 Å². The lowest BCUT2D eigenvalue weighted by atomic mass is 10.3. The summed E-state index contributed by atoms with van der Waals surface area (Å²) in [5, 5.41) is 5.59. The Hall–Kier alpha value is -2.37.